The van der Waals surface area contributed by atoms with E-state index in [9.17, 15) is 9.18 Å². The summed E-state index contributed by atoms with van der Waals surface area (Å²) in [4.78, 5) is 22.8. The summed E-state index contributed by atoms with van der Waals surface area (Å²) in [6.07, 6.45) is 4.82. The molecule has 0 bridgehead atoms. The van der Waals surface area contributed by atoms with Crippen LogP contribution >= 0.6 is 11.6 Å². The number of anilines is 2. The van der Waals surface area contributed by atoms with Gasteiger partial charge < -0.3 is 29.2 Å². The van der Waals surface area contributed by atoms with Gasteiger partial charge in [-0.15, -0.1) is 0 Å². The van der Waals surface area contributed by atoms with Crippen molar-refractivity contribution in [1.29, 1.82) is 0 Å². The van der Waals surface area contributed by atoms with Crippen molar-refractivity contribution in [2.45, 2.75) is 38.1 Å². The van der Waals surface area contributed by atoms with Crippen LogP contribution in [-0.2, 0) is 16.1 Å². The zero-order valence-corrected chi connectivity index (χ0v) is 24.8. The SMILES string of the molecule is C=CC(=O)N1CCC(Oc2cc3c(Nc4ccc(OCc5cccc(F)c5)c(Cl)c4)ncnc3cc2O[C@H]2CCOC2)CC1. The molecule has 11 heteroatoms. The van der Waals surface area contributed by atoms with Crippen LogP contribution in [0.2, 0.25) is 5.02 Å². The van der Waals surface area contributed by atoms with Gasteiger partial charge in [0.2, 0.25) is 5.91 Å². The topological polar surface area (TPSA) is 95.0 Å². The Balaban J connectivity index is 1.22. The van der Waals surface area contributed by atoms with Crippen molar-refractivity contribution in [3.05, 3.63) is 90.0 Å². The Labute approximate surface area is 259 Å². The van der Waals surface area contributed by atoms with Crippen molar-refractivity contribution in [1.82, 2.24) is 14.9 Å². The van der Waals surface area contributed by atoms with Crippen LogP contribution in [0, 0.1) is 5.82 Å². The van der Waals surface area contributed by atoms with Crippen LogP contribution in [0.5, 0.6) is 17.2 Å². The maximum Gasteiger partial charge on any atom is 0.245 e. The Morgan fingerprint density at radius 2 is 1.86 bits per heavy atom. The number of aromatic nitrogens is 2. The molecule has 1 amide bonds. The van der Waals surface area contributed by atoms with Gasteiger partial charge in [0.1, 0.15) is 42.5 Å². The summed E-state index contributed by atoms with van der Waals surface area (Å²) in [6, 6.07) is 15.3. The van der Waals surface area contributed by atoms with Gasteiger partial charge in [-0.25, -0.2) is 14.4 Å². The second kappa shape index (κ2) is 13.5. The highest BCUT2D eigenvalue weighted by molar-refractivity contribution is 6.32. The molecule has 0 radical (unpaired) electrons. The molecule has 3 heterocycles. The van der Waals surface area contributed by atoms with Gasteiger partial charge in [0.05, 0.1) is 23.8 Å². The molecular weight excluding hydrogens is 587 g/mol. The van der Waals surface area contributed by atoms with Gasteiger partial charge in [0.25, 0.3) is 0 Å². The van der Waals surface area contributed by atoms with Crippen molar-refractivity contribution in [2.75, 3.05) is 31.6 Å². The van der Waals surface area contributed by atoms with Crippen LogP contribution < -0.4 is 19.5 Å². The highest BCUT2D eigenvalue weighted by Crippen LogP contribution is 2.38. The van der Waals surface area contributed by atoms with E-state index in [0.717, 1.165) is 11.8 Å². The molecule has 0 spiro atoms. The summed E-state index contributed by atoms with van der Waals surface area (Å²) in [5.74, 6) is 1.81. The van der Waals surface area contributed by atoms with Gasteiger partial charge in [-0.1, -0.05) is 30.3 Å². The maximum absolute atomic E-state index is 13.5. The average molecular weight is 619 g/mol. The van der Waals surface area contributed by atoms with E-state index < -0.39 is 0 Å². The van der Waals surface area contributed by atoms with Crippen molar-refractivity contribution < 1.29 is 28.1 Å². The van der Waals surface area contributed by atoms with E-state index in [2.05, 4.69) is 21.9 Å². The number of ether oxygens (including phenoxy) is 4. The fourth-order valence-corrected chi connectivity index (χ4v) is 5.49. The average Bonchev–Trinajstić information content (AvgIpc) is 3.54. The molecule has 2 aliphatic heterocycles. The predicted molar refractivity (Wildman–Crippen MR) is 165 cm³/mol. The van der Waals surface area contributed by atoms with Crippen LogP contribution in [0.25, 0.3) is 10.9 Å². The number of benzene rings is 3. The number of nitrogens with zero attached hydrogens (tertiary/aromatic N) is 3. The Kier molecular flexibility index (Phi) is 9.09. The van der Waals surface area contributed by atoms with Gasteiger partial charge in [-0.05, 0) is 48.0 Å². The predicted octanol–water partition coefficient (Wildman–Crippen LogP) is 6.47. The van der Waals surface area contributed by atoms with E-state index in [1.165, 1.54) is 24.5 Å². The monoisotopic (exact) mass is 618 g/mol. The number of hydrogen-bond donors (Lipinski definition) is 1. The molecule has 4 aromatic rings. The lowest BCUT2D eigenvalue weighted by molar-refractivity contribution is -0.127. The van der Waals surface area contributed by atoms with Crippen LogP contribution in [0.15, 0.2) is 73.6 Å². The molecule has 9 nitrogen and oxygen atoms in total. The third-order valence-corrected chi connectivity index (χ3v) is 7.88. The Morgan fingerprint density at radius 3 is 2.61 bits per heavy atom. The third kappa shape index (κ3) is 7.03. The molecule has 3 aromatic carbocycles. The minimum Gasteiger partial charge on any atom is -0.487 e. The largest absolute Gasteiger partial charge is 0.487 e. The molecule has 2 saturated heterocycles. The molecule has 0 saturated carbocycles. The molecule has 2 aliphatic rings. The first-order valence-corrected chi connectivity index (χ1v) is 14.9. The number of amides is 1. The number of hydrogen-bond acceptors (Lipinski definition) is 8. The van der Waals surface area contributed by atoms with Gasteiger partial charge in [0.15, 0.2) is 11.5 Å². The summed E-state index contributed by atoms with van der Waals surface area (Å²) in [6.45, 7) is 6.12. The zero-order chi connectivity index (χ0) is 30.5. The summed E-state index contributed by atoms with van der Waals surface area (Å²) in [7, 11) is 0. The molecule has 1 N–H and O–H groups in total. The number of carbonyl (C=O) groups excluding carboxylic acids is 1. The highest BCUT2D eigenvalue weighted by atomic mass is 35.5. The van der Waals surface area contributed by atoms with E-state index in [4.69, 9.17) is 30.5 Å². The van der Waals surface area contributed by atoms with Gasteiger partial charge >= 0.3 is 0 Å². The summed E-state index contributed by atoms with van der Waals surface area (Å²) in [5, 5.41) is 4.46. The molecule has 0 aliphatic carbocycles. The summed E-state index contributed by atoms with van der Waals surface area (Å²) >= 11 is 6.54. The van der Waals surface area contributed by atoms with E-state index in [1.54, 1.807) is 29.2 Å². The lowest BCUT2D eigenvalue weighted by atomic mass is 10.1. The van der Waals surface area contributed by atoms with Crippen molar-refractivity contribution in [3.63, 3.8) is 0 Å². The number of likely N-dealkylation sites (tertiary alicyclic amines) is 1. The highest BCUT2D eigenvalue weighted by Gasteiger charge is 2.26. The van der Waals surface area contributed by atoms with E-state index in [0.29, 0.717) is 84.0 Å². The number of piperidine rings is 1. The molecule has 2 fully saturated rings. The second-order valence-electron chi connectivity index (χ2n) is 10.7. The summed E-state index contributed by atoms with van der Waals surface area (Å²) < 4.78 is 37.7. The third-order valence-electron chi connectivity index (χ3n) is 7.58. The van der Waals surface area contributed by atoms with E-state index in [-0.39, 0.29) is 30.5 Å². The lowest BCUT2D eigenvalue weighted by Gasteiger charge is -2.32. The Morgan fingerprint density at radius 1 is 1.05 bits per heavy atom. The second-order valence-corrected chi connectivity index (χ2v) is 11.1. The molecule has 6 rings (SSSR count). The fraction of sp³-hybridized carbons (Fsp3) is 0.303. The van der Waals surface area contributed by atoms with Crippen LogP contribution in [0.3, 0.4) is 0 Å². The number of rotatable bonds is 10. The molecule has 1 aromatic heterocycles. The number of nitrogens with one attached hydrogen (secondary N) is 1. The van der Waals surface area contributed by atoms with Crippen LogP contribution in [0.1, 0.15) is 24.8 Å². The van der Waals surface area contributed by atoms with Crippen LogP contribution in [0.4, 0.5) is 15.9 Å². The van der Waals surface area contributed by atoms with Crippen molar-refractivity contribution in [3.8, 4) is 17.2 Å². The molecule has 1 atom stereocenters. The van der Waals surface area contributed by atoms with Gasteiger partial charge in [0, 0.05) is 49.5 Å². The van der Waals surface area contributed by atoms with Crippen molar-refractivity contribution >= 4 is 39.9 Å². The van der Waals surface area contributed by atoms with Crippen molar-refractivity contribution in [2.24, 2.45) is 0 Å². The number of carbonyl (C=O) groups is 1. The maximum atomic E-state index is 13.5. The Hall–Kier alpha value is -4.41. The first-order chi connectivity index (χ1) is 21.4. The zero-order valence-electron chi connectivity index (χ0n) is 24.0. The first kappa shape index (κ1) is 29.7. The standard InChI is InChI=1S/C33H32ClFN4O5/c1-2-32(40)39-11-8-24(9-12-39)43-30-16-26-28(17-31(30)44-25-10-13-41-19-25)36-20-37-33(26)38-23-6-7-29(27(34)15-23)42-18-21-4-3-5-22(35)14-21/h2-7,14-17,20,24-25H,1,8-13,18-19H2,(H,36,37,38)/t25-/m0/s1. The minimum absolute atomic E-state index is 0.0708. The Bertz CT molecular complexity index is 1660. The quantitative estimate of drug-likeness (QED) is 0.202. The summed E-state index contributed by atoms with van der Waals surface area (Å²) in [5.41, 5.74) is 2.07. The van der Waals surface area contributed by atoms with E-state index >= 15 is 0 Å². The molecule has 44 heavy (non-hydrogen) atoms. The molecule has 0 unspecified atom stereocenters. The fourth-order valence-electron chi connectivity index (χ4n) is 5.26. The van der Waals surface area contributed by atoms with E-state index in [1.807, 2.05) is 18.2 Å². The first-order valence-electron chi connectivity index (χ1n) is 14.5. The smallest absolute Gasteiger partial charge is 0.245 e. The normalized spacial score (nSPS) is 17.0. The minimum atomic E-state index is -0.320. The molecular formula is C33H32ClFN4O5. The lowest BCUT2D eigenvalue weighted by Crippen LogP contribution is -2.41. The van der Waals surface area contributed by atoms with Gasteiger partial charge in [-0.2, -0.15) is 0 Å². The van der Waals surface area contributed by atoms with Crippen LogP contribution in [-0.4, -0.2) is 59.3 Å². The van der Waals surface area contributed by atoms with Gasteiger partial charge in [-0.3, -0.25) is 4.79 Å². The number of fused-ring (bicyclic) bond motifs is 1. The molecule has 228 valence electrons. The number of halogens is 2.